The second-order valence-corrected chi connectivity index (χ2v) is 1.96. The monoisotopic (exact) mass is 130 g/mol. The summed E-state index contributed by atoms with van der Waals surface area (Å²) >= 11 is 0. The van der Waals surface area contributed by atoms with Crippen molar-refractivity contribution in [3.63, 3.8) is 0 Å². The number of rotatable bonds is 6. The lowest BCUT2D eigenvalue weighted by Gasteiger charge is -1.99. The zero-order valence-electron chi connectivity index (χ0n) is 5.94. The quantitative estimate of drug-likeness (QED) is 0.544. The van der Waals surface area contributed by atoms with Crippen molar-refractivity contribution < 1.29 is 4.74 Å². The fourth-order valence-corrected chi connectivity index (χ4v) is 0.553. The van der Waals surface area contributed by atoms with Crippen molar-refractivity contribution in [2.75, 3.05) is 19.8 Å². The van der Waals surface area contributed by atoms with E-state index in [1.165, 1.54) is 0 Å². The minimum Gasteiger partial charge on any atom is -0.381 e. The van der Waals surface area contributed by atoms with Crippen LogP contribution in [0.4, 0.5) is 0 Å². The van der Waals surface area contributed by atoms with E-state index in [2.05, 4.69) is 6.92 Å². The molecule has 0 aromatic heterocycles. The highest BCUT2D eigenvalue weighted by Crippen LogP contribution is 1.87. The third kappa shape index (κ3) is 7.92. The van der Waals surface area contributed by atoms with E-state index in [0.717, 1.165) is 39.0 Å². The molecule has 0 amide bonds. The van der Waals surface area contributed by atoms with Gasteiger partial charge in [0.15, 0.2) is 0 Å². The first-order valence-electron chi connectivity index (χ1n) is 3.49. The van der Waals surface area contributed by atoms with Crippen LogP contribution in [0.15, 0.2) is 0 Å². The van der Waals surface area contributed by atoms with E-state index in [4.69, 9.17) is 10.5 Å². The molecule has 2 heteroatoms. The fourth-order valence-electron chi connectivity index (χ4n) is 0.553. The standard InChI is InChI=1S/C7H16NO/c1-2-6-9-7-4-3-5-8/h1-8H2. The molecule has 1 radical (unpaired) electrons. The van der Waals surface area contributed by atoms with Crippen molar-refractivity contribution in [2.45, 2.75) is 19.3 Å². The summed E-state index contributed by atoms with van der Waals surface area (Å²) in [6.45, 7) is 6.05. The van der Waals surface area contributed by atoms with Gasteiger partial charge < -0.3 is 10.5 Å². The molecule has 0 aliphatic heterocycles. The van der Waals surface area contributed by atoms with Gasteiger partial charge >= 0.3 is 0 Å². The second kappa shape index (κ2) is 7.92. The lowest BCUT2D eigenvalue weighted by Crippen LogP contribution is -2.02. The largest absolute Gasteiger partial charge is 0.381 e. The van der Waals surface area contributed by atoms with E-state index in [-0.39, 0.29) is 0 Å². The number of hydrogen-bond donors (Lipinski definition) is 1. The maximum Gasteiger partial charge on any atom is 0.0466 e. The van der Waals surface area contributed by atoms with Gasteiger partial charge in [0.2, 0.25) is 0 Å². The zero-order chi connectivity index (χ0) is 6.95. The third-order valence-electron chi connectivity index (χ3n) is 1.03. The normalized spacial score (nSPS) is 10.0. The Morgan fingerprint density at radius 2 is 2.00 bits per heavy atom. The molecule has 0 unspecified atom stereocenters. The molecule has 0 atom stereocenters. The van der Waals surface area contributed by atoms with Gasteiger partial charge in [-0.25, -0.2) is 0 Å². The van der Waals surface area contributed by atoms with E-state index in [1.807, 2.05) is 0 Å². The Bertz CT molecular complexity index is 42.2. The van der Waals surface area contributed by atoms with E-state index in [1.54, 1.807) is 0 Å². The van der Waals surface area contributed by atoms with Gasteiger partial charge in [-0.05, 0) is 25.8 Å². The first-order chi connectivity index (χ1) is 4.41. The van der Waals surface area contributed by atoms with Gasteiger partial charge in [-0.3, -0.25) is 0 Å². The van der Waals surface area contributed by atoms with Crippen LogP contribution in [0.3, 0.4) is 0 Å². The average molecular weight is 130 g/mol. The van der Waals surface area contributed by atoms with Gasteiger partial charge in [0.05, 0.1) is 0 Å². The Labute approximate surface area is 57.4 Å². The Hall–Kier alpha value is -0.0800. The first-order valence-corrected chi connectivity index (χ1v) is 3.49. The van der Waals surface area contributed by atoms with Crippen LogP contribution >= 0.6 is 0 Å². The Balaban J connectivity index is 2.60. The van der Waals surface area contributed by atoms with Gasteiger partial charge in [-0.15, -0.1) is 0 Å². The van der Waals surface area contributed by atoms with Gasteiger partial charge in [0.25, 0.3) is 0 Å². The number of unbranched alkanes of at least 4 members (excludes halogenated alkanes) is 1. The molecule has 2 nitrogen and oxygen atoms in total. The Kier molecular flexibility index (Phi) is 7.85. The third-order valence-corrected chi connectivity index (χ3v) is 1.03. The SMILES string of the molecule is [CH2]CCOCCCCN. The van der Waals surface area contributed by atoms with E-state index >= 15 is 0 Å². The van der Waals surface area contributed by atoms with Crippen LogP contribution in [0, 0.1) is 6.92 Å². The molecule has 0 spiro atoms. The molecule has 55 valence electrons. The number of hydrogen-bond acceptors (Lipinski definition) is 2. The summed E-state index contributed by atoms with van der Waals surface area (Å²) in [6.07, 6.45) is 3.01. The number of nitrogens with two attached hydrogens (primary N) is 1. The molecule has 0 rings (SSSR count). The van der Waals surface area contributed by atoms with Crippen molar-refractivity contribution in [1.82, 2.24) is 0 Å². The van der Waals surface area contributed by atoms with Gasteiger partial charge in [-0.1, -0.05) is 6.92 Å². The summed E-state index contributed by atoms with van der Waals surface area (Å²) in [5.74, 6) is 0. The van der Waals surface area contributed by atoms with Crippen LogP contribution in [0.5, 0.6) is 0 Å². The molecular weight excluding hydrogens is 114 g/mol. The van der Waals surface area contributed by atoms with Crippen LogP contribution < -0.4 is 5.73 Å². The summed E-state index contributed by atoms with van der Waals surface area (Å²) < 4.78 is 5.17. The smallest absolute Gasteiger partial charge is 0.0466 e. The second-order valence-electron chi connectivity index (χ2n) is 1.96. The maximum atomic E-state index is 5.28. The van der Waals surface area contributed by atoms with Crippen molar-refractivity contribution in [3.05, 3.63) is 6.92 Å². The highest BCUT2D eigenvalue weighted by Gasteiger charge is 1.84. The van der Waals surface area contributed by atoms with Gasteiger partial charge in [0, 0.05) is 13.2 Å². The van der Waals surface area contributed by atoms with E-state index in [0.29, 0.717) is 0 Å². The highest BCUT2D eigenvalue weighted by atomic mass is 16.5. The van der Waals surface area contributed by atoms with Crippen LogP contribution in [0.1, 0.15) is 19.3 Å². The van der Waals surface area contributed by atoms with E-state index in [9.17, 15) is 0 Å². The molecule has 0 saturated heterocycles. The molecule has 0 fully saturated rings. The average Bonchev–Trinajstić information content (AvgIpc) is 1.89. The summed E-state index contributed by atoms with van der Waals surface area (Å²) in [5, 5.41) is 0. The summed E-state index contributed by atoms with van der Waals surface area (Å²) in [7, 11) is 0. The van der Waals surface area contributed by atoms with Crippen molar-refractivity contribution in [1.29, 1.82) is 0 Å². The lowest BCUT2D eigenvalue weighted by molar-refractivity contribution is 0.135. The molecule has 0 aliphatic rings. The molecule has 2 N–H and O–H groups in total. The molecular formula is C7H16NO. The predicted octanol–water partition coefficient (Wildman–Crippen LogP) is 0.966. The fraction of sp³-hybridized carbons (Fsp3) is 0.857. The Morgan fingerprint density at radius 1 is 1.22 bits per heavy atom. The van der Waals surface area contributed by atoms with Gasteiger partial charge in [0.1, 0.15) is 0 Å². The van der Waals surface area contributed by atoms with Crippen LogP contribution in [0.2, 0.25) is 0 Å². The maximum absolute atomic E-state index is 5.28. The molecule has 9 heavy (non-hydrogen) atoms. The van der Waals surface area contributed by atoms with Crippen molar-refractivity contribution in [2.24, 2.45) is 5.73 Å². The molecule has 0 aliphatic carbocycles. The summed E-state index contributed by atoms with van der Waals surface area (Å²) in [4.78, 5) is 0. The molecule has 0 saturated carbocycles. The molecule has 0 aromatic carbocycles. The van der Waals surface area contributed by atoms with Crippen molar-refractivity contribution >= 4 is 0 Å². The van der Waals surface area contributed by atoms with Crippen LogP contribution in [0.25, 0.3) is 0 Å². The minimum absolute atomic E-state index is 0.772. The van der Waals surface area contributed by atoms with Crippen molar-refractivity contribution in [3.8, 4) is 0 Å². The Morgan fingerprint density at radius 3 is 2.56 bits per heavy atom. The van der Waals surface area contributed by atoms with Crippen LogP contribution in [-0.4, -0.2) is 19.8 Å². The zero-order valence-corrected chi connectivity index (χ0v) is 5.94. The lowest BCUT2D eigenvalue weighted by atomic mass is 10.3. The van der Waals surface area contributed by atoms with E-state index < -0.39 is 0 Å². The molecule has 0 bridgehead atoms. The summed E-state index contributed by atoms with van der Waals surface area (Å²) in [5.41, 5.74) is 5.28. The number of ether oxygens (including phenoxy) is 1. The molecule has 0 aromatic rings. The topological polar surface area (TPSA) is 35.2 Å². The first kappa shape index (κ1) is 8.92. The van der Waals surface area contributed by atoms with Gasteiger partial charge in [-0.2, -0.15) is 0 Å². The minimum atomic E-state index is 0.772. The molecule has 0 heterocycles. The van der Waals surface area contributed by atoms with Crippen LogP contribution in [-0.2, 0) is 4.74 Å². The highest BCUT2D eigenvalue weighted by molar-refractivity contribution is 4.40. The predicted molar refractivity (Wildman–Crippen MR) is 39.1 cm³/mol. The summed E-state index contributed by atoms with van der Waals surface area (Å²) in [6, 6.07) is 0.